The summed E-state index contributed by atoms with van der Waals surface area (Å²) in [6, 6.07) is 9.73. The number of nitrogens with zero attached hydrogens (tertiary/aromatic N) is 1. The summed E-state index contributed by atoms with van der Waals surface area (Å²) >= 11 is 0. The van der Waals surface area contributed by atoms with Crippen LogP contribution in [-0.4, -0.2) is 41.4 Å². The van der Waals surface area contributed by atoms with Crippen molar-refractivity contribution in [2.75, 3.05) is 19.7 Å². The van der Waals surface area contributed by atoms with Crippen LogP contribution in [0.15, 0.2) is 30.3 Å². The maximum Gasteiger partial charge on any atom is 0.289 e. The maximum absolute atomic E-state index is 12.3. The number of hydrogen-bond acceptors (Lipinski definition) is 3. The number of Topliss-reactive ketones (excluding diaryl/α,β-unsaturated/α-hetero) is 1. The minimum Gasteiger partial charge on any atom is -0.396 e. The minimum absolute atomic E-state index is 0.0749. The summed E-state index contributed by atoms with van der Waals surface area (Å²) in [7, 11) is 0. The summed E-state index contributed by atoms with van der Waals surface area (Å²) in [6.07, 6.45) is 3.44. The first-order chi connectivity index (χ1) is 10.6. The van der Waals surface area contributed by atoms with Gasteiger partial charge in [-0.1, -0.05) is 37.3 Å². The number of aliphatic hydroxyl groups excluding tert-OH is 1. The number of hydrogen-bond donors (Lipinski definition) is 1. The summed E-state index contributed by atoms with van der Waals surface area (Å²) in [6.45, 7) is 3.22. The normalized spacial score (nSPS) is 21.6. The van der Waals surface area contributed by atoms with Gasteiger partial charge in [0, 0.05) is 24.9 Å². The maximum atomic E-state index is 12.3. The molecule has 22 heavy (non-hydrogen) atoms. The van der Waals surface area contributed by atoms with E-state index < -0.39 is 0 Å². The molecule has 1 aromatic carbocycles. The number of benzene rings is 1. The SMILES string of the molecule is CC[C@@]1(CO)CCCN(C(=O)C(=O)CCc2ccccc2)C1. The molecule has 1 atom stereocenters. The molecule has 0 aromatic heterocycles. The van der Waals surface area contributed by atoms with Crippen LogP contribution in [0.1, 0.15) is 38.2 Å². The molecule has 1 aliphatic heterocycles. The second-order valence-electron chi connectivity index (χ2n) is 6.25. The first-order valence-electron chi connectivity index (χ1n) is 8.07. The van der Waals surface area contributed by atoms with Gasteiger partial charge in [0.05, 0.1) is 6.61 Å². The van der Waals surface area contributed by atoms with Gasteiger partial charge in [-0.15, -0.1) is 0 Å². The highest BCUT2D eigenvalue weighted by Crippen LogP contribution is 2.32. The van der Waals surface area contributed by atoms with E-state index >= 15 is 0 Å². The van der Waals surface area contributed by atoms with Crippen molar-refractivity contribution in [3.8, 4) is 0 Å². The second-order valence-corrected chi connectivity index (χ2v) is 6.25. The zero-order valence-electron chi connectivity index (χ0n) is 13.3. The van der Waals surface area contributed by atoms with Gasteiger partial charge in [-0.05, 0) is 31.2 Å². The smallest absolute Gasteiger partial charge is 0.289 e. The Morgan fingerprint density at radius 3 is 2.64 bits per heavy atom. The van der Waals surface area contributed by atoms with Gasteiger partial charge < -0.3 is 10.0 Å². The number of ketones is 1. The summed E-state index contributed by atoms with van der Waals surface area (Å²) < 4.78 is 0. The fourth-order valence-electron chi connectivity index (χ4n) is 3.10. The van der Waals surface area contributed by atoms with Gasteiger partial charge in [-0.2, -0.15) is 0 Å². The number of rotatable bonds is 6. The molecule has 0 spiro atoms. The molecule has 1 aromatic rings. The van der Waals surface area contributed by atoms with Crippen molar-refractivity contribution < 1.29 is 14.7 Å². The second kappa shape index (κ2) is 7.54. The van der Waals surface area contributed by atoms with E-state index in [1.54, 1.807) is 4.90 Å². The Kier molecular flexibility index (Phi) is 5.72. The Morgan fingerprint density at radius 2 is 2.00 bits per heavy atom. The molecule has 0 saturated carbocycles. The van der Waals surface area contributed by atoms with Gasteiger partial charge in [0.1, 0.15) is 0 Å². The van der Waals surface area contributed by atoms with Crippen molar-refractivity contribution in [1.82, 2.24) is 4.90 Å². The molecule has 2 rings (SSSR count). The molecule has 4 nitrogen and oxygen atoms in total. The highest BCUT2D eigenvalue weighted by atomic mass is 16.3. The quantitative estimate of drug-likeness (QED) is 0.820. The average molecular weight is 303 g/mol. The van der Waals surface area contributed by atoms with E-state index in [9.17, 15) is 14.7 Å². The molecule has 0 aliphatic carbocycles. The standard InChI is InChI=1S/C18H25NO3/c1-2-18(14-20)11-6-12-19(13-18)17(22)16(21)10-9-15-7-4-3-5-8-15/h3-5,7-8,20H,2,6,9-14H2,1H3/t18-/m1/s1. The predicted octanol–water partition coefficient (Wildman–Crippen LogP) is 2.20. The molecule has 0 radical (unpaired) electrons. The van der Waals surface area contributed by atoms with Gasteiger partial charge in [0.25, 0.3) is 5.91 Å². The molecule has 0 unspecified atom stereocenters. The Balaban J connectivity index is 1.91. The first-order valence-corrected chi connectivity index (χ1v) is 8.07. The van der Waals surface area contributed by atoms with Crippen molar-refractivity contribution in [2.45, 2.75) is 39.0 Å². The fourth-order valence-corrected chi connectivity index (χ4v) is 3.10. The van der Waals surface area contributed by atoms with Crippen molar-refractivity contribution in [3.63, 3.8) is 0 Å². The zero-order valence-corrected chi connectivity index (χ0v) is 13.3. The summed E-state index contributed by atoms with van der Waals surface area (Å²) in [5.74, 6) is -0.712. The van der Waals surface area contributed by atoms with Crippen LogP contribution >= 0.6 is 0 Å². The third kappa shape index (κ3) is 3.95. The van der Waals surface area contributed by atoms with Crippen LogP contribution in [0.3, 0.4) is 0 Å². The van der Waals surface area contributed by atoms with Crippen molar-refractivity contribution >= 4 is 11.7 Å². The zero-order chi connectivity index (χ0) is 16.0. The van der Waals surface area contributed by atoms with Crippen LogP contribution < -0.4 is 0 Å². The first kappa shape index (κ1) is 16.7. The van der Waals surface area contributed by atoms with Crippen LogP contribution in [0.4, 0.5) is 0 Å². The van der Waals surface area contributed by atoms with Crippen LogP contribution in [0.25, 0.3) is 0 Å². The molecular formula is C18H25NO3. The molecule has 1 saturated heterocycles. The van der Waals surface area contributed by atoms with Crippen LogP contribution in [0, 0.1) is 5.41 Å². The van der Waals surface area contributed by atoms with Crippen LogP contribution in [0.2, 0.25) is 0 Å². The van der Waals surface area contributed by atoms with Gasteiger partial charge in [-0.3, -0.25) is 9.59 Å². The van der Waals surface area contributed by atoms with Gasteiger partial charge in [0.15, 0.2) is 0 Å². The van der Waals surface area contributed by atoms with E-state index in [0.29, 0.717) is 19.5 Å². The monoisotopic (exact) mass is 303 g/mol. The van der Waals surface area contributed by atoms with Gasteiger partial charge >= 0.3 is 0 Å². The molecule has 1 heterocycles. The molecule has 120 valence electrons. The number of carbonyl (C=O) groups excluding carboxylic acids is 2. The number of amides is 1. The predicted molar refractivity (Wildman–Crippen MR) is 85.4 cm³/mol. The summed E-state index contributed by atoms with van der Waals surface area (Å²) in [5.41, 5.74) is 0.841. The van der Waals surface area contributed by atoms with E-state index in [1.807, 2.05) is 37.3 Å². The molecule has 1 aliphatic rings. The minimum atomic E-state index is -0.387. The van der Waals surface area contributed by atoms with Crippen molar-refractivity contribution in [3.05, 3.63) is 35.9 Å². The summed E-state index contributed by atoms with van der Waals surface area (Å²) in [4.78, 5) is 26.1. The van der Waals surface area contributed by atoms with Crippen molar-refractivity contribution in [1.29, 1.82) is 0 Å². The number of aryl methyl sites for hydroxylation is 1. The lowest BCUT2D eigenvalue weighted by Gasteiger charge is -2.41. The Hall–Kier alpha value is -1.68. The molecule has 0 bridgehead atoms. The van der Waals surface area contributed by atoms with Crippen LogP contribution in [0.5, 0.6) is 0 Å². The van der Waals surface area contributed by atoms with E-state index in [4.69, 9.17) is 0 Å². The van der Waals surface area contributed by atoms with Gasteiger partial charge in [0.2, 0.25) is 5.78 Å². The van der Waals surface area contributed by atoms with Crippen molar-refractivity contribution in [2.24, 2.45) is 5.41 Å². The molecule has 4 heteroatoms. The van der Waals surface area contributed by atoms with E-state index in [-0.39, 0.29) is 30.1 Å². The third-order valence-corrected chi connectivity index (χ3v) is 4.76. The summed E-state index contributed by atoms with van der Waals surface area (Å²) in [5, 5.41) is 9.61. The Bertz CT molecular complexity index is 508. The highest BCUT2D eigenvalue weighted by Gasteiger charge is 2.36. The fraction of sp³-hybridized carbons (Fsp3) is 0.556. The van der Waals surface area contributed by atoms with E-state index in [0.717, 1.165) is 24.8 Å². The Labute approximate surface area is 132 Å². The van der Waals surface area contributed by atoms with Crippen LogP contribution in [-0.2, 0) is 16.0 Å². The molecule has 1 N–H and O–H groups in total. The molecule has 1 amide bonds. The topological polar surface area (TPSA) is 57.6 Å². The lowest BCUT2D eigenvalue weighted by molar-refractivity contribution is -0.147. The largest absolute Gasteiger partial charge is 0.396 e. The van der Waals surface area contributed by atoms with E-state index in [2.05, 4.69) is 0 Å². The number of carbonyl (C=O) groups is 2. The number of likely N-dealkylation sites (tertiary alicyclic amines) is 1. The van der Waals surface area contributed by atoms with Gasteiger partial charge in [-0.25, -0.2) is 0 Å². The lowest BCUT2D eigenvalue weighted by atomic mass is 9.78. The highest BCUT2D eigenvalue weighted by molar-refractivity contribution is 6.36. The Morgan fingerprint density at radius 1 is 1.27 bits per heavy atom. The van der Waals surface area contributed by atoms with E-state index in [1.165, 1.54) is 0 Å². The number of aliphatic hydroxyl groups is 1. The third-order valence-electron chi connectivity index (χ3n) is 4.76. The molecular weight excluding hydrogens is 278 g/mol. The molecule has 1 fully saturated rings. The lowest BCUT2D eigenvalue weighted by Crippen LogP contribution is -2.49. The number of piperidine rings is 1. The average Bonchev–Trinajstić information content (AvgIpc) is 2.59.